The summed E-state index contributed by atoms with van der Waals surface area (Å²) in [6, 6.07) is 4.63. The molecular formula is C11H16N2O2S. The molecule has 88 valence electrons. The Hall–Kier alpha value is -1.33. The van der Waals surface area contributed by atoms with Crippen LogP contribution in [0.25, 0.3) is 0 Å². The summed E-state index contributed by atoms with van der Waals surface area (Å²) in [5.74, 6) is 0. The van der Waals surface area contributed by atoms with E-state index in [0.717, 1.165) is 11.1 Å². The zero-order chi connectivity index (χ0) is 12.3. The normalized spacial score (nSPS) is 11.4. The predicted molar refractivity (Wildman–Crippen MR) is 65.6 cm³/mol. The Morgan fingerprint density at radius 2 is 2.12 bits per heavy atom. The van der Waals surface area contributed by atoms with Gasteiger partial charge in [-0.05, 0) is 37.6 Å². The molecule has 0 radical (unpaired) electrons. The highest BCUT2D eigenvalue weighted by Crippen LogP contribution is 2.16. The summed E-state index contributed by atoms with van der Waals surface area (Å²) >= 11 is 0. The Morgan fingerprint density at radius 3 is 2.62 bits per heavy atom. The molecule has 0 aliphatic heterocycles. The Kier molecular flexibility index (Phi) is 3.72. The van der Waals surface area contributed by atoms with Gasteiger partial charge in [0, 0.05) is 12.2 Å². The summed E-state index contributed by atoms with van der Waals surface area (Å²) < 4.78 is 26.1. The first kappa shape index (κ1) is 12.7. The standard InChI is InChI=1S/C11H16N2O2S/c1-8(2)7-13-16(14,15)10-4-5-11(12)9(3)6-10/h4-6,13H,1,7,12H2,2-3H3. The molecule has 0 aliphatic rings. The van der Waals surface area contributed by atoms with Crippen molar-refractivity contribution in [3.05, 3.63) is 35.9 Å². The minimum absolute atomic E-state index is 0.223. The molecule has 5 heteroatoms. The third kappa shape index (κ3) is 3.08. The molecule has 0 fully saturated rings. The number of nitrogen functional groups attached to an aromatic ring is 1. The van der Waals surface area contributed by atoms with Crippen molar-refractivity contribution in [1.82, 2.24) is 4.72 Å². The van der Waals surface area contributed by atoms with Crippen LogP contribution in [0.15, 0.2) is 35.2 Å². The highest BCUT2D eigenvalue weighted by molar-refractivity contribution is 7.89. The largest absolute Gasteiger partial charge is 0.399 e. The number of aryl methyl sites for hydroxylation is 1. The van der Waals surface area contributed by atoms with Gasteiger partial charge in [-0.15, -0.1) is 0 Å². The fourth-order valence-corrected chi connectivity index (χ4v) is 2.30. The topological polar surface area (TPSA) is 72.2 Å². The van der Waals surface area contributed by atoms with Crippen LogP contribution < -0.4 is 10.5 Å². The van der Waals surface area contributed by atoms with Crippen molar-refractivity contribution in [2.45, 2.75) is 18.7 Å². The molecule has 4 nitrogen and oxygen atoms in total. The molecule has 0 saturated carbocycles. The fraction of sp³-hybridized carbons (Fsp3) is 0.273. The van der Waals surface area contributed by atoms with Crippen LogP contribution >= 0.6 is 0 Å². The van der Waals surface area contributed by atoms with Gasteiger partial charge in [0.2, 0.25) is 10.0 Å². The Balaban J connectivity index is 2.99. The van der Waals surface area contributed by atoms with Crippen molar-refractivity contribution >= 4 is 15.7 Å². The number of hydrogen-bond donors (Lipinski definition) is 2. The average Bonchev–Trinajstić information content (AvgIpc) is 2.19. The quantitative estimate of drug-likeness (QED) is 0.617. The molecule has 0 saturated heterocycles. The number of anilines is 1. The molecule has 0 spiro atoms. The zero-order valence-corrected chi connectivity index (χ0v) is 10.3. The molecule has 1 aromatic rings. The summed E-state index contributed by atoms with van der Waals surface area (Å²) in [7, 11) is -3.46. The first-order valence-electron chi connectivity index (χ1n) is 4.83. The molecule has 0 bridgehead atoms. The van der Waals surface area contributed by atoms with E-state index in [0.29, 0.717) is 5.69 Å². The van der Waals surface area contributed by atoms with Crippen molar-refractivity contribution in [2.24, 2.45) is 0 Å². The third-order valence-electron chi connectivity index (χ3n) is 2.12. The Labute approximate surface area is 96.2 Å². The van der Waals surface area contributed by atoms with Crippen LogP contribution in [0.3, 0.4) is 0 Å². The highest BCUT2D eigenvalue weighted by atomic mass is 32.2. The maximum absolute atomic E-state index is 11.8. The molecule has 0 atom stereocenters. The second-order valence-corrected chi connectivity index (χ2v) is 5.57. The molecule has 3 N–H and O–H groups in total. The van der Waals surface area contributed by atoms with Crippen LogP contribution in [0.5, 0.6) is 0 Å². The number of nitrogens with one attached hydrogen (secondary N) is 1. The van der Waals surface area contributed by atoms with Crippen molar-refractivity contribution in [1.29, 1.82) is 0 Å². The van der Waals surface area contributed by atoms with E-state index in [1.165, 1.54) is 6.07 Å². The molecule has 0 heterocycles. The maximum atomic E-state index is 11.8. The van der Waals surface area contributed by atoms with Gasteiger partial charge in [0.25, 0.3) is 0 Å². The van der Waals surface area contributed by atoms with Crippen LogP contribution in [-0.4, -0.2) is 15.0 Å². The minimum Gasteiger partial charge on any atom is -0.399 e. The van der Waals surface area contributed by atoms with Crippen LogP contribution in [0.2, 0.25) is 0 Å². The molecule has 0 aliphatic carbocycles. The van der Waals surface area contributed by atoms with E-state index in [-0.39, 0.29) is 11.4 Å². The summed E-state index contributed by atoms with van der Waals surface area (Å²) in [6.45, 7) is 7.41. The van der Waals surface area contributed by atoms with Gasteiger partial charge < -0.3 is 5.73 Å². The number of benzene rings is 1. The Bertz CT molecular complexity index is 507. The minimum atomic E-state index is -3.46. The van der Waals surface area contributed by atoms with E-state index in [1.54, 1.807) is 26.0 Å². The van der Waals surface area contributed by atoms with E-state index >= 15 is 0 Å². The van der Waals surface area contributed by atoms with E-state index < -0.39 is 10.0 Å². The lowest BCUT2D eigenvalue weighted by Crippen LogP contribution is -2.25. The SMILES string of the molecule is C=C(C)CNS(=O)(=O)c1ccc(N)c(C)c1. The van der Waals surface area contributed by atoms with Gasteiger partial charge in [0.1, 0.15) is 0 Å². The average molecular weight is 240 g/mol. The Morgan fingerprint density at radius 1 is 1.50 bits per heavy atom. The van der Waals surface area contributed by atoms with E-state index in [2.05, 4.69) is 11.3 Å². The van der Waals surface area contributed by atoms with Gasteiger partial charge >= 0.3 is 0 Å². The third-order valence-corrected chi connectivity index (χ3v) is 3.51. The first-order valence-corrected chi connectivity index (χ1v) is 6.31. The number of rotatable bonds is 4. The highest BCUT2D eigenvalue weighted by Gasteiger charge is 2.13. The monoisotopic (exact) mass is 240 g/mol. The summed E-state index contributed by atoms with van der Waals surface area (Å²) in [5.41, 5.74) is 7.72. The second-order valence-electron chi connectivity index (χ2n) is 3.80. The van der Waals surface area contributed by atoms with Gasteiger partial charge in [0.15, 0.2) is 0 Å². The smallest absolute Gasteiger partial charge is 0.240 e. The van der Waals surface area contributed by atoms with Crippen molar-refractivity contribution in [3.63, 3.8) is 0 Å². The van der Waals surface area contributed by atoms with Gasteiger partial charge in [-0.2, -0.15) is 0 Å². The second kappa shape index (κ2) is 4.67. The van der Waals surface area contributed by atoms with Crippen molar-refractivity contribution in [2.75, 3.05) is 12.3 Å². The number of sulfonamides is 1. The fourth-order valence-electron chi connectivity index (χ4n) is 1.12. The van der Waals surface area contributed by atoms with Crippen molar-refractivity contribution in [3.8, 4) is 0 Å². The van der Waals surface area contributed by atoms with Crippen LogP contribution in [0.4, 0.5) is 5.69 Å². The molecule has 0 aromatic heterocycles. The van der Waals surface area contributed by atoms with E-state index in [4.69, 9.17) is 5.73 Å². The summed E-state index contributed by atoms with van der Waals surface area (Å²) in [6.07, 6.45) is 0. The lowest BCUT2D eigenvalue weighted by atomic mass is 10.2. The van der Waals surface area contributed by atoms with Gasteiger partial charge in [-0.25, -0.2) is 13.1 Å². The summed E-state index contributed by atoms with van der Waals surface area (Å²) in [4.78, 5) is 0.223. The van der Waals surface area contributed by atoms with Crippen LogP contribution in [0.1, 0.15) is 12.5 Å². The van der Waals surface area contributed by atoms with E-state index in [1.807, 2.05) is 0 Å². The molecule has 1 rings (SSSR count). The van der Waals surface area contributed by atoms with Crippen molar-refractivity contribution < 1.29 is 8.42 Å². The lowest BCUT2D eigenvalue weighted by Gasteiger charge is -2.08. The number of nitrogens with two attached hydrogens (primary N) is 1. The maximum Gasteiger partial charge on any atom is 0.240 e. The van der Waals surface area contributed by atoms with Crippen LogP contribution in [-0.2, 0) is 10.0 Å². The predicted octanol–water partition coefficient (Wildman–Crippen LogP) is 1.43. The zero-order valence-electron chi connectivity index (χ0n) is 9.45. The van der Waals surface area contributed by atoms with Gasteiger partial charge in [-0.3, -0.25) is 0 Å². The van der Waals surface area contributed by atoms with Gasteiger partial charge in [0.05, 0.1) is 4.90 Å². The molecule has 0 amide bonds. The molecule has 1 aromatic carbocycles. The summed E-state index contributed by atoms with van der Waals surface area (Å²) in [5, 5.41) is 0. The first-order chi connectivity index (χ1) is 7.33. The van der Waals surface area contributed by atoms with Crippen LogP contribution in [0, 0.1) is 6.92 Å². The number of hydrogen-bond acceptors (Lipinski definition) is 3. The van der Waals surface area contributed by atoms with E-state index in [9.17, 15) is 8.42 Å². The lowest BCUT2D eigenvalue weighted by molar-refractivity contribution is 0.584. The van der Waals surface area contributed by atoms with Gasteiger partial charge in [-0.1, -0.05) is 12.2 Å². The molecule has 0 unspecified atom stereocenters. The molecule has 16 heavy (non-hydrogen) atoms. The molecular weight excluding hydrogens is 224 g/mol.